The zero-order valence-electron chi connectivity index (χ0n) is 39.1. The van der Waals surface area contributed by atoms with Crippen LogP contribution < -0.4 is 26.2 Å². The number of phenols is 1. The summed E-state index contributed by atoms with van der Waals surface area (Å²) in [6.07, 6.45) is 6.07. The Labute approximate surface area is 384 Å². The molecule has 5 aromatic rings. The molecule has 0 aliphatic heterocycles. The van der Waals surface area contributed by atoms with Crippen molar-refractivity contribution in [1.82, 2.24) is 15.6 Å². The first kappa shape index (κ1) is 48.6. The lowest BCUT2D eigenvalue weighted by Crippen LogP contribution is -2.43. The van der Waals surface area contributed by atoms with Gasteiger partial charge in [0, 0.05) is 36.1 Å². The standard InChI is InChI=1S/C52H66N4O8Si/c1-51(2,3)63-50(60)54-38-20-24-40(25-21-38)62-49(59)55-44-28-19-35(32-43(44)37-15-10-9-11-16-37)14-12-13-31-61-39-22-17-36(18-23-39)33-53-34-46(64-65(7,8)52(4,5)6)41-26-29-45(57)48-42(41)27-30-47(58)56-48/h9-12,14-19,22-23,26-30,32,38,40,46,53,57H,13,20-21,24-25,31,33-34H2,1-8H3,(H,54,60)(H,55,59)(H,56,58)/t38?,40?,46-/m0/s1. The van der Waals surface area contributed by atoms with Crippen molar-refractivity contribution in [2.75, 3.05) is 18.5 Å². The van der Waals surface area contributed by atoms with Crippen LogP contribution in [0.2, 0.25) is 18.1 Å². The van der Waals surface area contributed by atoms with Gasteiger partial charge in [-0.15, -0.1) is 0 Å². The van der Waals surface area contributed by atoms with E-state index in [4.69, 9.17) is 18.6 Å². The van der Waals surface area contributed by atoms with Crippen molar-refractivity contribution >= 4 is 43.2 Å². The van der Waals surface area contributed by atoms with Gasteiger partial charge in [-0.25, -0.2) is 9.59 Å². The van der Waals surface area contributed by atoms with Crippen molar-refractivity contribution in [3.8, 4) is 22.6 Å². The van der Waals surface area contributed by atoms with E-state index in [1.54, 1.807) is 12.1 Å². The first-order valence-corrected chi connectivity index (χ1v) is 25.5. The molecule has 1 heterocycles. The summed E-state index contributed by atoms with van der Waals surface area (Å²) < 4.78 is 24.2. The maximum absolute atomic E-state index is 13.1. The lowest BCUT2D eigenvalue weighted by Gasteiger charge is -2.39. The van der Waals surface area contributed by atoms with Gasteiger partial charge in [0.25, 0.3) is 0 Å². The zero-order chi connectivity index (χ0) is 46.8. The van der Waals surface area contributed by atoms with Crippen LogP contribution in [-0.2, 0) is 20.4 Å². The van der Waals surface area contributed by atoms with Crippen molar-refractivity contribution in [1.29, 1.82) is 0 Å². The minimum atomic E-state index is -2.20. The maximum Gasteiger partial charge on any atom is 0.411 e. The van der Waals surface area contributed by atoms with Gasteiger partial charge in [0.15, 0.2) is 8.32 Å². The van der Waals surface area contributed by atoms with E-state index in [0.717, 1.165) is 39.0 Å². The van der Waals surface area contributed by atoms with Crippen LogP contribution in [0.25, 0.3) is 28.1 Å². The molecule has 5 N–H and O–H groups in total. The van der Waals surface area contributed by atoms with Gasteiger partial charge in [-0.3, -0.25) is 10.1 Å². The number of ether oxygens (including phenoxy) is 3. The highest BCUT2D eigenvalue weighted by Crippen LogP contribution is 2.41. The third-order valence-corrected chi connectivity index (χ3v) is 16.5. The number of carbonyl (C=O) groups is 2. The molecule has 1 saturated carbocycles. The molecule has 0 unspecified atom stereocenters. The fourth-order valence-electron chi connectivity index (χ4n) is 7.52. The van der Waals surface area contributed by atoms with Gasteiger partial charge in [0.1, 0.15) is 23.2 Å². The topological polar surface area (TPSA) is 160 Å². The van der Waals surface area contributed by atoms with Gasteiger partial charge in [0.2, 0.25) is 5.56 Å². The number of nitrogens with one attached hydrogen (secondary N) is 4. The molecular weight excluding hydrogens is 837 g/mol. The first-order chi connectivity index (χ1) is 30.8. The zero-order valence-corrected chi connectivity index (χ0v) is 40.1. The Morgan fingerprint density at radius 2 is 1.60 bits per heavy atom. The third kappa shape index (κ3) is 14.0. The van der Waals surface area contributed by atoms with Crippen molar-refractivity contribution < 1.29 is 33.3 Å². The SMILES string of the molecule is CC(C)(C)OC(=O)NC1CCC(OC(=O)Nc2ccc(C=CCCOc3ccc(CNC[C@H](O[Si](C)(C)C(C)(C)C)c4ccc(O)c5[nH]c(=O)ccc45)cc3)cc2-c2ccccc2)CC1. The lowest BCUT2D eigenvalue weighted by molar-refractivity contribution is 0.0440. The summed E-state index contributed by atoms with van der Waals surface area (Å²) in [4.78, 5) is 40.2. The first-order valence-electron chi connectivity index (χ1n) is 22.6. The Bertz CT molecular complexity index is 2470. The fourth-order valence-corrected chi connectivity index (χ4v) is 8.80. The predicted octanol–water partition coefficient (Wildman–Crippen LogP) is 11.6. The number of H-pyrrole nitrogens is 1. The van der Waals surface area contributed by atoms with Gasteiger partial charge in [-0.05, 0) is 130 Å². The average molecular weight is 903 g/mol. The molecule has 13 heteroatoms. The molecule has 0 saturated heterocycles. The average Bonchev–Trinajstić information content (AvgIpc) is 3.24. The van der Waals surface area contributed by atoms with Crippen molar-refractivity contribution in [3.63, 3.8) is 0 Å². The minimum Gasteiger partial charge on any atom is -0.506 e. The van der Waals surface area contributed by atoms with Gasteiger partial charge >= 0.3 is 12.2 Å². The molecule has 0 radical (unpaired) electrons. The van der Waals surface area contributed by atoms with E-state index in [9.17, 15) is 19.5 Å². The Kier molecular flexibility index (Phi) is 16.0. The molecule has 1 aromatic heterocycles. The number of aromatic amines is 1. The number of aromatic hydroxyl groups is 1. The third-order valence-electron chi connectivity index (χ3n) is 12.0. The van der Waals surface area contributed by atoms with E-state index in [-0.39, 0.29) is 34.6 Å². The van der Waals surface area contributed by atoms with Crippen LogP contribution in [0.3, 0.4) is 0 Å². The van der Waals surface area contributed by atoms with Gasteiger partial charge < -0.3 is 39.4 Å². The molecule has 1 atom stereocenters. The number of fused-ring (bicyclic) bond motifs is 1. The second kappa shape index (κ2) is 21.4. The van der Waals surface area contributed by atoms with Crippen molar-refractivity contribution in [2.24, 2.45) is 0 Å². The van der Waals surface area contributed by atoms with E-state index in [1.807, 2.05) is 81.4 Å². The molecule has 65 heavy (non-hydrogen) atoms. The molecule has 12 nitrogen and oxygen atoms in total. The molecule has 0 spiro atoms. The van der Waals surface area contributed by atoms with Gasteiger partial charge in [0.05, 0.1) is 23.9 Å². The monoisotopic (exact) mass is 902 g/mol. The Hall–Kier alpha value is -5.89. The molecule has 2 amide bonds. The smallest absolute Gasteiger partial charge is 0.411 e. The Morgan fingerprint density at radius 1 is 0.877 bits per heavy atom. The van der Waals surface area contributed by atoms with Gasteiger partial charge in [-0.2, -0.15) is 0 Å². The van der Waals surface area contributed by atoms with E-state index in [1.165, 1.54) is 6.07 Å². The molecule has 1 aliphatic carbocycles. The van der Waals surface area contributed by atoms with Crippen molar-refractivity contribution in [2.45, 2.75) is 122 Å². The fraction of sp³-hybridized carbons (Fsp3) is 0.404. The molecule has 1 fully saturated rings. The largest absolute Gasteiger partial charge is 0.506 e. The predicted molar refractivity (Wildman–Crippen MR) is 262 cm³/mol. The lowest BCUT2D eigenvalue weighted by atomic mass is 9.93. The quantitative estimate of drug-likeness (QED) is 0.0480. The summed E-state index contributed by atoms with van der Waals surface area (Å²) in [5, 5.41) is 20.8. The number of aromatic nitrogens is 1. The number of phenolic OH excluding ortho intramolecular Hbond substituents is 1. The second-order valence-corrected chi connectivity index (χ2v) is 24.0. The Balaban J connectivity index is 0.993. The second-order valence-electron chi connectivity index (χ2n) is 19.3. The number of benzene rings is 4. The number of pyridine rings is 1. The summed E-state index contributed by atoms with van der Waals surface area (Å²) >= 11 is 0. The van der Waals surface area contributed by atoms with Gasteiger partial charge in [-0.1, -0.05) is 87.5 Å². The number of rotatable bonds is 16. The summed E-state index contributed by atoms with van der Waals surface area (Å²) in [7, 11) is -2.20. The number of hydrogen-bond acceptors (Lipinski definition) is 9. The molecule has 6 rings (SSSR count). The summed E-state index contributed by atoms with van der Waals surface area (Å²) in [6.45, 7) is 18.2. The molecule has 4 aromatic carbocycles. The van der Waals surface area contributed by atoms with Crippen LogP contribution in [-0.4, -0.2) is 61.5 Å². The molecule has 1 aliphatic rings. The number of anilines is 1. The Morgan fingerprint density at radius 3 is 2.29 bits per heavy atom. The van der Waals surface area contributed by atoms with Crippen LogP contribution in [0, 0.1) is 0 Å². The highest BCUT2D eigenvalue weighted by molar-refractivity contribution is 6.74. The van der Waals surface area contributed by atoms with Crippen LogP contribution in [0.15, 0.2) is 108 Å². The molecule has 346 valence electrons. The minimum absolute atomic E-state index is 0.0117. The van der Waals surface area contributed by atoms with Crippen LogP contribution in [0.1, 0.15) is 96.4 Å². The van der Waals surface area contributed by atoms with E-state index >= 15 is 0 Å². The number of alkyl carbamates (subject to hydrolysis) is 1. The summed E-state index contributed by atoms with van der Waals surface area (Å²) in [6, 6.07) is 30.6. The summed E-state index contributed by atoms with van der Waals surface area (Å²) in [5.74, 6) is 0.811. The summed E-state index contributed by atoms with van der Waals surface area (Å²) in [5.41, 5.74) is 5.09. The maximum atomic E-state index is 13.1. The van der Waals surface area contributed by atoms with Crippen LogP contribution >= 0.6 is 0 Å². The number of carbonyl (C=O) groups excluding carboxylic acids is 2. The highest BCUT2D eigenvalue weighted by atomic mass is 28.4. The van der Waals surface area contributed by atoms with Crippen molar-refractivity contribution in [3.05, 3.63) is 130 Å². The van der Waals surface area contributed by atoms with E-state index in [0.29, 0.717) is 63.0 Å². The van der Waals surface area contributed by atoms with Crippen LogP contribution in [0.4, 0.5) is 15.3 Å². The number of hydrogen-bond donors (Lipinski definition) is 5. The molecule has 0 bridgehead atoms. The van der Waals surface area contributed by atoms with E-state index in [2.05, 4.69) is 85.2 Å². The molecular formula is C52H66N4O8Si. The highest BCUT2D eigenvalue weighted by Gasteiger charge is 2.40. The number of amides is 2. The van der Waals surface area contributed by atoms with E-state index < -0.39 is 26.1 Å². The normalized spacial score (nSPS) is 16.2. The van der Waals surface area contributed by atoms with Crippen LogP contribution in [0.5, 0.6) is 11.5 Å².